The van der Waals surface area contributed by atoms with E-state index in [0.29, 0.717) is 16.7 Å². The van der Waals surface area contributed by atoms with Gasteiger partial charge in [-0.2, -0.15) is 10.2 Å². The van der Waals surface area contributed by atoms with Crippen molar-refractivity contribution < 1.29 is 4.74 Å². The molecular weight excluding hydrogens is 162 g/mol. The molecule has 0 unspecified atom stereocenters. The van der Waals surface area contributed by atoms with Crippen LogP contribution in [0, 0.1) is 11.3 Å². The fourth-order valence-corrected chi connectivity index (χ4v) is 1.27. The Morgan fingerprint density at radius 1 is 1.82 bits per heavy atom. The predicted octanol–water partition coefficient (Wildman–Crippen LogP) is 0.996. The third kappa shape index (κ3) is 1.59. The lowest BCUT2D eigenvalue weighted by Crippen LogP contribution is -1.91. The van der Waals surface area contributed by atoms with Crippen LogP contribution in [0.1, 0.15) is 11.8 Å². The molecule has 0 atom stereocenters. The number of rotatable bonds is 2. The van der Waals surface area contributed by atoms with E-state index in [0.717, 1.165) is 11.3 Å². The van der Waals surface area contributed by atoms with Crippen molar-refractivity contribution in [3.05, 3.63) is 4.88 Å². The largest absolute Gasteiger partial charge is 0.470 e. The van der Waals surface area contributed by atoms with Crippen molar-refractivity contribution in [2.24, 2.45) is 0 Å². The zero-order valence-electron chi connectivity index (χ0n) is 6.00. The van der Waals surface area contributed by atoms with E-state index in [1.165, 1.54) is 0 Å². The third-order valence-corrected chi connectivity index (χ3v) is 1.89. The van der Waals surface area contributed by atoms with Crippen molar-refractivity contribution in [3.8, 4) is 11.3 Å². The van der Waals surface area contributed by atoms with Crippen LogP contribution in [0.2, 0.25) is 0 Å². The molecule has 0 bridgehead atoms. The molecule has 1 aromatic heterocycles. The first-order valence-corrected chi connectivity index (χ1v) is 3.88. The Balaban J connectivity index is 2.89. The van der Waals surface area contributed by atoms with E-state index in [4.69, 9.17) is 15.7 Å². The van der Waals surface area contributed by atoms with Crippen LogP contribution in [-0.2, 0) is 0 Å². The number of thiazole rings is 1. The molecule has 1 rings (SSSR count). The zero-order chi connectivity index (χ0) is 8.27. The van der Waals surface area contributed by atoms with Gasteiger partial charge in [0.15, 0.2) is 10.7 Å². The average Bonchev–Trinajstić information content (AvgIpc) is 2.32. The van der Waals surface area contributed by atoms with Crippen molar-refractivity contribution in [2.75, 3.05) is 12.3 Å². The molecule has 0 saturated heterocycles. The van der Waals surface area contributed by atoms with E-state index in [9.17, 15) is 0 Å². The van der Waals surface area contributed by atoms with Crippen molar-refractivity contribution in [1.82, 2.24) is 4.98 Å². The van der Waals surface area contributed by atoms with Gasteiger partial charge >= 0.3 is 0 Å². The maximum atomic E-state index is 8.48. The highest BCUT2D eigenvalue weighted by molar-refractivity contribution is 7.14. The van der Waals surface area contributed by atoms with Gasteiger partial charge in [-0.15, -0.1) is 0 Å². The summed E-state index contributed by atoms with van der Waals surface area (Å²) in [6.45, 7) is 2.39. The molecule has 0 aliphatic rings. The highest BCUT2D eigenvalue weighted by Gasteiger charge is 2.06. The normalized spacial score (nSPS) is 9.09. The quantitative estimate of drug-likeness (QED) is 0.716. The van der Waals surface area contributed by atoms with E-state index >= 15 is 0 Å². The SMILES string of the molecule is CCOc1nc(N)c(C#N)s1. The molecule has 58 valence electrons. The number of hydrogen-bond donors (Lipinski definition) is 1. The molecule has 0 radical (unpaired) electrons. The number of aromatic nitrogens is 1. The monoisotopic (exact) mass is 169 g/mol. The van der Waals surface area contributed by atoms with Crippen LogP contribution in [0.15, 0.2) is 0 Å². The Hall–Kier alpha value is -1.28. The average molecular weight is 169 g/mol. The van der Waals surface area contributed by atoms with Crippen molar-refractivity contribution >= 4 is 17.2 Å². The van der Waals surface area contributed by atoms with Crippen LogP contribution >= 0.6 is 11.3 Å². The van der Waals surface area contributed by atoms with E-state index < -0.39 is 0 Å². The van der Waals surface area contributed by atoms with Gasteiger partial charge in [0.1, 0.15) is 6.07 Å². The van der Waals surface area contributed by atoms with Crippen LogP contribution in [0.5, 0.6) is 5.19 Å². The summed E-state index contributed by atoms with van der Waals surface area (Å²) in [5.74, 6) is 0.251. The summed E-state index contributed by atoms with van der Waals surface area (Å²) in [7, 11) is 0. The van der Waals surface area contributed by atoms with Crippen molar-refractivity contribution in [2.45, 2.75) is 6.92 Å². The van der Waals surface area contributed by atoms with Gasteiger partial charge in [0.2, 0.25) is 0 Å². The molecule has 0 amide bonds. The van der Waals surface area contributed by atoms with E-state index in [2.05, 4.69) is 4.98 Å². The Kier molecular flexibility index (Phi) is 2.28. The lowest BCUT2D eigenvalue weighted by molar-refractivity contribution is 0.338. The lowest BCUT2D eigenvalue weighted by atomic mass is 10.6. The minimum Gasteiger partial charge on any atom is -0.470 e. The third-order valence-electron chi connectivity index (χ3n) is 1.00. The second-order valence-electron chi connectivity index (χ2n) is 1.74. The zero-order valence-corrected chi connectivity index (χ0v) is 6.81. The molecule has 1 heterocycles. The second kappa shape index (κ2) is 3.21. The Morgan fingerprint density at radius 3 is 3.00 bits per heavy atom. The molecule has 4 nitrogen and oxygen atoms in total. The highest BCUT2D eigenvalue weighted by atomic mass is 32.1. The number of nitrogen functional groups attached to an aromatic ring is 1. The molecule has 2 N–H and O–H groups in total. The lowest BCUT2D eigenvalue weighted by Gasteiger charge is -1.92. The first-order chi connectivity index (χ1) is 5.27. The number of ether oxygens (including phenoxy) is 1. The summed E-state index contributed by atoms with van der Waals surface area (Å²) in [4.78, 5) is 4.23. The minimum atomic E-state index is 0.251. The van der Waals surface area contributed by atoms with Gasteiger partial charge in [0.05, 0.1) is 6.61 Å². The molecule has 0 spiro atoms. The maximum absolute atomic E-state index is 8.48. The Bertz CT molecular complexity index is 289. The topological polar surface area (TPSA) is 71.9 Å². The maximum Gasteiger partial charge on any atom is 0.276 e. The van der Waals surface area contributed by atoms with Gasteiger partial charge in [0, 0.05) is 0 Å². The van der Waals surface area contributed by atoms with Crippen LogP contribution in [0.3, 0.4) is 0 Å². The standard InChI is InChI=1S/C6H7N3OS/c1-2-10-6-9-5(8)4(3-7)11-6/h2,8H2,1H3. The van der Waals surface area contributed by atoms with Crippen LogP contribution in [-0.4, -0.2) is 11.6 Å². The fourth-order valence-electron chi connectivity index (χ4n) is 0.577. The summed E-state index contributed by atoms with van der Waals surface area (Å²) in [6, 6.07) is 1.93. The van der Waals surface area contributed by atoms with Gasteiger partial charge in [-0.1, -0.05) is 11.3 Å². The van der Waals surface area contributed by atoms with Gasteiger partial charge in [-0.05, 0) is 6.92 Å². The Morgan fingerprint density at radius 2 is 2.55 bits per heavy atom. The molecule has 5 heteroatoms. The van der Waals surface area contributed by atoms with Crippen LogP contribution < -0.4 is 10.5 Å². The Labute approximate surface area is 68.2 Å². The molecule has 0 aliphatic carbocycles. The smallest absolute Gasteiger partial charge is 0.276 e. The van der Waals surface area contributed by atoms with Crippen LogP contribution in [0.4, 0.5) is 5.82 Å². The van der Waals surface area contributed by atoms with E-state index in [1.807, 2.05) is 13.0 Å². The van der Waals surface area contributed by atoms with Gasteiger partial charge in [-0.3, -0.25) is 0 Å². The number of nitrogens with zero attached hydrogens (tertiary/aromatic N) is 2. The van der Waals surface area contributed by atoms with Crippen molar-refractivity contribution in [3.63, 3.8) is 0 Å². The summed E-state index contributed by atoms with van der Waals surface area (Å²) < 4.78 is 5.05. The first kappa shape index (κ1) is 7.82. The van der Waals surface area contributed by atoms with Crippen molar-refractivity contribution in [1.29, 1.82) is 5.26 Å². The molecular formula is C6H7N3OS. The molecule has 0 aromatic carbocycles. The summed E-state index contributed by atoms with van der Waals surface area (Å²) in [5.41, 5.74) is 5.38. The minimum absolute atomic E-state index is 0.251. The molecule has 1 aromatic rings. The van der Waals surface area contributed by atoms with Crippen LogP contribution in [0.25, 0.3) is 0 Å². The molecule has 11 heavy (non-hydrogen) atoms. The van der Waals surface area contributed by atoms with E-state index in [1.54, 1.807) is 0 Å². The number of anilines is 1. The second-order valence-corrected chi connectivity index (χ2v) is 2.70. The van der Waals surface area contributed by atoms with E-state index in [-0.39, 0.29) is 5.82 Å². The molecule has 0 saturated carbocycles. The fraction of sp³-hybridized carbons (Fsp3) is 0.333. The predicted molar refractivity (Wildman–Crippen MR) is 42.4 cm³/mol. The summed E-state index contributed by atoms with van der Waals surface area (Å²) in [5, 5.41) is 8.94. The highest BCUT2D eigenvalue weighted by Crippen LogP contribution is 2.25. The first-order valence-electron chi connectivity index (χ1n) is 3.07. The summed E-state index contributed by atoms with van der Waals surface area (Å²) in [6.07, 6.45) is 0. The number of nitriles is 1. The molecule has 0 aliphatic heterocycles. The van der Waals surface area contributed by atoms with Gasteiger partial charge < -0.3 is 10.5 Å². The van der Waals surface area contributed by atoms with Gasteiger partial charge in [-0.25, -0.2) is 0 Å². The number of nitrogens with two attached hydrogens (primary N) is 1. The van der Waals surface area contributed by atoms with Gasteiger partial charge in [0.25, 0.3) is 5.19 Å². The summed E-state index contributed by atoms with van der Waals surface area (Å²) >= 11 is 1.16. The molecule has 0 fully saturated rings. The number of hydrogen-bond acceptors (Lipinski definition) is 5.